The van der Waals surface area contributed by atoms with Crippen molar-refractivity contribution in [3.8, 4) is 28.2 Å². The summed E-state index contributed by atoms with van der Waals surface area (Å²) >= 11 is 0. The summed E-state index contributed by atoms with van der Waals surface area (Å²) in [6.07, 6.45) is 2.32. The molecule has 6 nitrogen and oxygen atoms in total. The number of benzene rings is 4. The molecule has 236 valence electrons. The highest BCUT2D eigenvalue weighted by Gasteiger charge is 2.43. The van der Waals surface area contributed by atoms with E-state index in [1.807, 2.05) is 73.7 Å². The molecule has 1 saturated carbocycles. The predicted molar refractivity (Wildman–Crippen MR) is 181 cm³/mol. The Labute approximate surface area is 269 Å². The summed E-state index contributed by atoms with van der Waals surface area (Å²) in [4.78, 5) is 29.0. The summed E-state index contributed by atoms with van der Waals surface area (Å²) in [7, 11) is 0. The Morgan fingerprint density at radius 3 is 2.30 bits per heavy atom. The van der Waals surface area contributed by atoms with Crippen molar-refractivity contribution in [1.82, 2.24) is 5.32 Å². The van der Waals surface area contributed by atoms with Gasteiger partial charge in [-0.15, -0.1) is 0 Å². The number of rotatable bonds is 13. The van der Waals surface area contributed by atoms with Crippen LogP contribution in [0.25, 0.3) is 33.4 Å². The van der Waals surface area contributed by atoms with E-state index in [-0.39, 0.29) is 22.9 Å². The molecule has 0 bridgehead atoms. The Bertz CT molecular complexity index is 1860. The number of carbonyl (C=O) groups is 2. The van der Waals surface area contributed by atoms with E-state index in [0.717, 1.165) is 48.5 Å². The molecule has 0 spiro atoms. The van der Waals surface area contributed by atoms with Crippen LogP contribution in [0.5, 0.6) is 5.75 Å². The van der Waals surface area contributed by atoms with Gasteiger partial charge in [0, 0.05) is 65.3 Å². The van der Waals surface area contributed by atoms with E-state index in [9.17, 15) is 14.0 Å². The Kier molecular flexibility index (Phi) is 8.93. The summed E-state index contributed by atoms with van der Waals surface area (Å²) < 4.78 is 26.1. The zero-order chi connectivity index (χ0) is 32.3. The molecular weight excluding hydrogens is 579 g/mol. The smallest absolute Gasteiger partial charge is 0.251 e. The van der Waals surface area contributed by atoms with E-state index in [0.29, 0.717) is 53.0 Å². The van der Waals surface area contributed by atoms with E-state index < -0.39 is 0 Å². The first kappa shape index (κ1) is 31.1. The van der Waals surface area contributed by atoms with Crippen LogP contribution < -0.4 is 15.0 Å². The van der Waals surface area contributed by atoms with Crippen LogP contribution in [0.4, 0.5) is 10.1 Å². The second-order valence-corrected chi connectivity index (χ2v) is 12.0. The zero-order valence-corrected chi connectivity index (χ0v) is 26.6. The number of halogens is 1. The molecule has 4 aromatic carbocycles. The SMILES string of the molecule is CCC(=O)c1c(-c2ccc(F)cc2)oc2cc(N(CC)CC)c(-c3cccc(C(=O)NCC4(COc5ccccc5)CC4)c3)cc12. The van der Waals surface area contributed by atoms with Gasteiger partial charge in [0.1, 0.15) is 22.9 Å². The maximum absolute atomic E-state index is 13.8. The topological polar surface area (TPSA) is 71.8 Å². The van der Waals surface area contributed by atoms with Crippen molar-refractivity contribution < 1.29 is 23.1 Å². The van der Waals surface area contributed by atoms with E-state index in [1.54, 1.807) is 12.1 Å². The van der Waals surface area contributed by atoms with Crippen molar-refractivity contribution in [2.75, 3.05) is 31.1 Å². The first-order valence-corrected chi connectivity index (χ1v) is 16.1. The lowest BCUT2D eigenvalue weighted by atomic mass is 9.95. The fourth-order valence-corrected chi connectivity index (χ4v) is 5.95. The summed E-state index contributed by atoms with van der Waals surface area (Å²) in [5.41, 5.74) is 4.94. The number of anilines is 1. The lowest BCUT2D eigenvalue weighted by molar-refractivity contribution is 0.0936. The summed E-state index contributed by atoms with van der Waals surface area (Å²) in [6.45, 7) is 8.63. The third kappa shape index (κ3) is 6.41. The van der Waals surface area contributed by atoms with Gasteiger partial charge >= 0.3 is 0 Å². The molecule has 1 N–H and O–H groups in total. The van der Waals surface area contributed by atoms with E-state index in [1.165, 1.54) is 12.1 Å². The second kappa shape index (κ2) is 13.2. The molecule has 1 aromatic heterocycles. The van der Waals surface area contributed by atoms with Crippen molar-refractivity contribution in [3.05, 3.63) is 108 Å². The Morgan fingerprint density at radius 1 is 0.891 bits per heavy atom. The highest BCUT2D eigenvalue weighted by Crippen LogP contribution is 2.45. The van der Waals surface area contributed by atoms with Crippen LogP contribution in [0.2, 0.25) is 0 Å². The molecule has 46 heavy (non-hydrogen) atoms. The molecule has 5 aromatic rings. The molecule has 7 heteroatoms. The average Bonchev–Trinajstić information content (AvgIpc) is 3.78. The number of hydrogen-bond donors (Lipinski definition) is 1. The molecule has 0 radical (unpaired) electrons. The standard InChI is InChI=1S/C39H39FN2O4/c1-4-34(43)36-32-22-31(33(42(5-2)6-3)23-35(32)46-37(36)26-15-17-29(40)18-16-26)27-11-10-12-28(21-27)38(44)41-24-39(19-20-39)25-45-30-13-8-7-9-14-30/h7-18,21-23H,4-6,19-20,24-25H2,1-3H3,(H,41,44). The number of nitrogens with zero attached hydrogens (tertiary/aromatic N) is 1. The summed E-state index contributed by atoms with van der Waals surface area (Å²) in [5, 5.41) is 3.84. The highest BCUT2D eigenvalue weighted by molar-refractivity contribution is 6.13. The fraction of sp³-hybridized carbons (Fsp3) is 0.282. The van der Waals surface area contributed by atoms with Crippen LogP contribution >= 0.6 is 0 Å². The number of nitrogens with one attached hydrogen (secondary N) is 1. The first-order chi connectivity index (χ1) is 22.3. The normalized spacial score (nSPS) is 13.4. The molecule has 1 heterocycles. The molecule has 0 aliphatic heterocycles. The molecule has 1 fully saturated rings. The van der Waals surface area contributed by atoms with Gasteiger partial charge in [-0.3, -0.25) is 9.59 Å². The maximum Gasteiger partial charge on any atom is 0.251 e. The van der Waals surface area contributed by atoms with Gasteiger partial charge in [-0.2, -0.15) is 0 Å². The molecular formula is C39H39FN2O4. The zero-order valence-electron chi connectivity index (χ0n) is 26.6. The van der Waals surface area contributed by atoms with Gasteiger partial charge in [0.2, 0.25) is 0 Å². The number of amides is 1. The van der Waals surface area contributed by atoms with Crippen molar-refractivity contribution in [2.24, 2.45) is 5.41 Å². The van der Waals surface area contributed by atoms with Crippen molar-refractivity contribution in [2.45, 2.75) is 40.0 Å². The van der Waals surface area contributed by atoms with Crippen LogP contribution in [-0.2, 0) is 0 Å². The number of para-hydroxylation sites is 1. The maximum atomic E-state index is 13.8. The van der Waals surface area contributed by atoms with E-state index in [4.69, 9.17) is 9.15 Å². The monoisotopic (exact) mass is 618 g/mol. The van der Waals surface area contributed by atoms with Gasteiger partial charge in [0.05, 0.1) is 12.2 Å². The Morgan fingerprint density at radius 2 is 1.63 bits per heavy atom. The van der Waals surface area contributed by atoms with Gasteiger partial charge in [0.25, 0.3) is 5.91 Å². The van der Waals surface area contributed by atoms with Crippen molar-refractivity contribution >= 4 is 28.3 Å². The van der Waals surface area contributed by atoms with Crippen LogP contribution in [-0.4, -0.2) is 37.9 Å². The quantitative estimate of drug-likeness (QED) is 0.133. The minimum absolute atomic E-state index is 0.0458. The molecule has 6 rings (SSSR count). The molecule has 1 amide bonds. The molecule has 0 saturated heterocycles. The first-order valence-electron chi connectivity index (χ1n) is 16.1. The number of carbonyl (C=O) groups excluding carboxylic acids is 2. The van der Waals surface area contributed by atoms with Crippen LogP contribution in [0.3, 0.4) is 0 Å². The second-order valence-electron chi connectivity index (χ2n) is 12.0. The minimum Gasteiger partial charge on any atom is -0.493 e. The van der Waals surface area contributed by atoms with Crippen molar-refractivity contribution in [3.63, 3.8) is 0 Å². The van der Waals surface area contributed by atoms with E-state index in [2.05, 4.69) is 24.1 Å². The van der Waals surface area contributed by atoms with E-state index >= 15 is 0 Å². The number of hydrogen-bond acceptors (Lipinski definition) is 5. The fourth-order valence-electron chi connectivity index (χ4n) is 5.95. The van der Waals surface area contributed by atoms with Gasteiger partial charge in [-0.1, -0.05) is 37.3 Å². The van der Waals surface area contributed by atoms with Crippen LogP contribution in [0.15, 0.2) is 95.4 Å². The predicted octanol–water partition coefficient (Wildman–Crippen LogP) is 8.93. The van der Waals surface area contributed by atoms with Crippen molar-refractivity contribution in [1.29, 1.82) is 0 Å². The number of ether oxygens (including phenoxy) is 1. The van der Waals surface area contributed by atoms with Gasteiger partial charge in [-0.05, 0) is 86.8 Å². The molecule has 0 unspecified atom stereocenters. The Hall–Kier alpha value is -4.91. The average molecular weight is 619 g/mol. The summed E-state index contributed by atoms with van der Waals surface area (Å²) in [6, 6.07) is 27.3. The third-order valence-corrected chi connectivity index (χ3v) is 8.92. The number of furan rings is 1. The van der Waals surface area contributed by atoms with Gasteiger partial charge in [-0.25, -0.2) is 4.39 Å². The highest BCUT2D eigenvalue weighted by atomic mass is 19.1. The molecule has 1 aliphatic carbocycles. The minimum atomic E-state index is -0.355. The summed E-state index contributed by atoms with van der Waals surface area (Å²) in [5.74, 6) is 0.717. The number of fused-ring (bicyclic) bond motifs is 1. The lowest BCUT2D eigenvalue weighted by Crippen LogP contribution is -2.33. The number of ketones is 1. The molecule has 0 atom stereocenters. The van der Waals surface area contributed by atoms with Gasteiger partial charge < -0.3 is 19.4 Å². The largest absolute Gasteiger partial charge is 0.493 e. The van der Waals surface area contributed by atoms with Crippen LogP contribution in [0, 0.1) is 11.2 Å². The lowest BCUT2D eigenvalue weighted by Gasteiger charge is -2.24. The number of Topliss-reactive ketones (excluding diaryl/α,β-unsaturated/α-hetero) is 1. The Balaban J connectivity index is 1.33. The van der Waals surface area contributed by atoms with Gasteiger partial charge in [0.15, 0.2) is 5.78 Å². The molecule has 1 aliphatic rings. The third-order valence-electron chi connectivity index (χ3n) is 8.92. The van der Waals surface area contributed by atoms with Crippen LogP contribution in [0.1, 0.15) is 60.7 Å².